The Kier molecular flexibility index (Phi) is 5.77. The van der Waals surface area contributed by atoms with Crippen molar-refractivity contribution in [2.75, 3.05) is 19.3 Å². The van der Waals surface area contributed by atoms with Gasteiger partial charge in [0.15, 0.2) is 6.19 Å². The molecule has 0 spiro atoms. The van der Waals surface area contributed by atoms with Gasteiger partial charge in [0.1, 0.15) is 5.82 Å². The summed E-state index contributed by atoms with van der Waals surface area (Å²) in [7, 11) is 1.93. The monoisotopic (exact) mass is 240 g/mol. The van der Waals surface area contributed by atoms with Crippen molar-refractivity contribution in [3.05, 3.63) is 5.82 Å². The van der Waals surface area contributed by atoms with Crippen LogP contribution in [0.1, 0.15) is 18.7 Å². The Morgan fingerprint density at radius 2 is 2.41 bits per heavy atom. The average Bonchev–Trinajstić information content (AvgIpc) is 2.73. The van der Waals surface area contributed by atoms with Crippen molar-refractivity contribution in [2.24, 2.45) is 0 Å². The molecule has 0 saturated carbocycles. The number of unbranched alkanes of at least 4 members (excludes halogenated alkanes) is 1. The number of hydrogen-bond donors (Lipinski definition) is 5. The molecule has 1 heterocycles. The van der Waals surface area contributed by atoms with E-state index < -0.39 is 0 Å². The van der Waals surface area contributed by atoms with Gasteiger partial charge in [-0.25, -0.2) is 5.32 Å². The van der Waals surface area contributed by atoms with Crippen LogP contribution < -0.4 is 21.7 Å². The molecule has 1 aromatic heterocycles. The maximum Gasteiger partial charge on any atom is 0.299 e. The zero-order chi connectivity index (χ0) is 12.5. The Bertz CT molecular complexity index is 354. The molecular formula is C9H20N8+2. The van der Waals surface area contributed by atoms with E-state index in [2.05, 4.69) is 25.8 Å². The van der Waals surface area contributed by atoms with Crippen molar-refractivity contribution in [2.45, 2.75) is 25.6 Å². The van der Waals surface area contributed by atoms with E-state index >= 15 is 0 Å². The molecule has 8 N–H and O–H groups in total. The molecule has 8 nitrogen and oxygen atoms in total. The van der Waals surface area contributed by atoms with Crippen LogP contribution in [-0.2, 0) is 6.42 Å². The summed E-state index contributed by atoms with van der Waals surface area (Å²) in [5, 5.41) is 21.8. The van der Waals surface area contributed by atoms with Crippen LogP contribution in [0.25, 0.3) is 0 Å². The largest absolute Gasteiger partial charge is 0.367 e. The van der Waals surface area contributed by atoms with E-state index in [-0.39, 0.29) is 6.29 Å². The molecule has 0 amide bonds. The lowest BCUT2D eigenvalue weighted by Gasteiger charge is -2.08. The van der Waals surface area contributed by atoms with Crippen molar-refractivity contribution < 1.29 is 10.6 Å². The molecule has 0 radical (unpaired) electrons. The van der Waals surface area contributed by atoms with Crippen LogP contribution in [0.3, 0.4) is 0 Å². The van der Waals surface area contributed by atoms with Crippen LogP contribution in [-0.4, -0.2) is 35.1 Å². The zero-order valence-corrected chi connectivity index (χ0v) is 9.98. The van der Waals surface area contributed by atoms with E-state index in [1.54, 1.807) is 0 Å². The molecule has 0 saturated heterocycles. The lowest BCUT2D eigenvalue weighted by Crippen LogP contribution is -3.13. The minimum atomic E-state index is 0.0703. The first-order valence-corrected chi connectivity index (χ1v) is 5.70. The van der Waals surface area contributed by atoms with Gasteiger partial charge in [0.2, 0.25) is 5.95 Å². The normalized spacial score (nSPS) is 12.0. The fourth-order valence-electron chi connectivity index (χ4n) is 1.51. The molecular weight excluding hydrogens is 220 g/mol. The molecule has 8 heteroatoms. The molecule has 0 aromatic carbocycles. The highest BCUT2D eigenvalue weighted by Crippen LogP contribution is 1.98. The Labute approximate surface area is 100.0 Å². The van der Waals surface area contributed by atoms with Crippen LogP contribution in [0.2, 0.25) is 0 Å². The predicted molar refractivity (Wildman–Crippen MR) is 60.9 cm³/mol. The summed E-state index contributed by atoms with van der Waals surface area (Å²) in [6.07, 6.45) is 4.94. The maximum atomic E-state index is 8.49. The summed E-state index contributed by atoms with van der Waals surface area (Å²) < 4.78 is 0. The maximum absolute atomic E-state index is 8.49. The number of nitrogens with zero attached hydrogens (tertiary/aromatic N) is 3. The summed E-state index contributed by atoms with van der Waals surface area (Å²) in [6.45, 7) is 0.966. The fraction of sp³-hybridized carbons (Fsp3) is 0.667. The molecule has 1 atom stereocenters. The molecule has 1 aromatic rings. The number of quaternary nitrogens is 2. The first-order valence-electron chi connectivity index (χ1n) is 5.70. The highest BCUT2D eigenvalue weighted by atomic mass is 15.3. The van der Waals surface area contributed by atoms with Gasteiger partial charge in [0, 0.05) is 6.42 Å². The third-order valence-electron chi connectivity index (χ3n) is 2.43. The van der Waals surface area contributed by atoms with Crippen LogP contribution in [0.4, 0.5) is 5.95 Å². The van der Waals surface area contributed by atoms with Crippen molar-refractivity contribution >= 4 is 5.95 Å². The minimum Gasteiger partial charge on any atom is -0.367 e. The Balaban J connectivity index is 2.06. The standard InChI is InChI=1S/C9H18N8/c1-12-9(14-6-10)13-5-3-2-4-7-15-8(11)17-16-7/h9,12-14H,2-5H2,1H3,(H3,11,15,16,17)/p+2/t9-/m1/s1. The predicted octanol–water partition coefficient (Wildman–Crippen LogP) is -3.18. The Hall–Kier alpha value is -1.85. The minimum absolute atomic E-state index is 0.0703. The van der Waals surface area contributed by atoms with Gasteiger partial charge in [-0.05, 0) is 12.8 Å². The topological polar surface area (TPSA) is 137 Å². The Morgan fingerprint density at radius 3 is 3.00 bits per heavy atom. The molecule has 0 fully saturated rings. The van der Waals surface area contributed by atoms with Gasteiger partial charge in [-0.3, -0.25) is 15.7 Å². The molecule has 0 aliphatic carbocycles. The number of anilines is 1. The summed E-state index contributed by atoms with van der Waals surface area (Å²) in [5.41, 5.74) is 5.40. The lowest BCUT2D eigenvalue weighted by atomic mass is 10.2. The highest BCUT2D eigenvalue weighted by molar-refractivity contribution is 5.12. The number of nitrogens with one attached hydrogen (secondary N) is 2. The summed E-state index contributed by atoms with van der Waals surface area (Å²) in [6, 6.07) is 0. The molecule has 0 aliphatic heterocycles. The van der Waals surface area contributed by atoms with Crippen molar-refractivity contribution in [1.29, 1.82) is 5.26 Å². The number of aromatic nitrogens is 3. The number of hydrogen-bond acceptors (Lipinski definition) is 5. The van der Waals surface area contributed by atoms with E-state index in [1.807, 2.05) is 18.6 Å². The van der Waals surface area contributed by atoms with E-state index in [0.29, 0.717) is 5.95 Å². The zero-order valence-electron chi connectivity index (χ0n) is 9.98. The number of nitrogens with two attached hydrogens (primary N) is 3. The molecule has 17 heavy (non-hydrogen) atoms. The highest BCUT2D eigenvalue weighted by Gasteiger charge is 2.08. The number of aromatic amines is 1. The summed E-state index contributed by atoms with van der Waals surface area (Å²) in [5.74, 6) is 1.13. The third kappa shape index (κ3) is 5.14. The first-order chi connectivity index (χ1) is 8.26. The average molecular weight is 240 g/mol. The molecule has 1 rings (SSSR count). The lowest BCUT2D eigenvalue weighted by molar-refractivity contribution is -0.897. The summed E-state index contributed by atoms with van der Waals surface area (Å²) >= 11 is 0. The van der Waals surface area contributed by atoms with Crippen LogP contribution in [0.15, 0.2) is 0 Å². The van der Waals surface area contributed by atoms with Gasteiger partial charge in [0.05, 0.1) is 13.6 Å². The second-order valence-corrected chi connectivity index (χ2v) is 3.74. The van der Waals surface area contributed by atoms with Crippen molar-refractivity contribution in [1.82, 2.24) is 20.5 Å². The van der Waals surface area contributed by atoms with Crippen LogP contribution in [0, 0.1) is 11.5 Å². The van der Waals surface area contributed by atoms with Crippen molar-refractivity contribution in [3.8, 4) is 6.19 Å². The van der Waals surface area contributed by atoms with E-state index in [9.17, 15) is 0 Å². The smallest absolute Gasteiger partial charge is 0.299 e. The van der Waals surface area contributed by atoms with E-state index in [1.165, 1.54) is 0 Å². The van der Waals surface area contributed by atoms with Gasteiger partial charge in [-0.15, -0.1) is 5.10 Å². The number of nitriles is 1. The molecule has 0 unspecified atom stereocenters. The molecule has 0 aliphatic rings. The number of rotatable bonds is 8. The Morgan fingerprint density at radius 1 is 1.59 bits per heavy atom. The summed E-state index contributed by atoms with van der Waals surface area (Å²) in [4.78, 5) is 4.03. The quantitative estimate of drug-likeness (QED) is 0.141. The fourth-order valence-corrected chi connectivity index (χ4v) is 1.51. The number of H-pyrrole nitrogens is 1. The second kappa shape index (κ2) is 7.43. The van der Waals surface area contributed by atoms with Crippen LogP contribution in [0.5, 0.6) is 0 Å². The van der Waals surface area contributed by atoms with E-state index in [4.69, 9.17) is 11.0 Å². The molecule has 94 valence electrons. The van der Waals surface area contributed by atoms with Crippen molar-refractivity contribution in [3.63, 3.8) is 0 Å². The second-order valence-electron chi connectivity index (χ2n) is 3.74. The van der Waals surface area contributed by atoms with Gasteiger partial charge >= 0.3 is 0 Å². The van der Waals surface area contributed by atoms with Gasteiger partial charge in [0.25, 0.3) is 6.29 Å². The number of aryl methyl sites for hydroxylation is 1. The van der Waals surface area contributed by atoms with Gasteiger partial charge in [-0.2, -0.15) is 10.2 Å². The number of nitrogen functional groups attached to an aromatic ring is 1. The SMILES string of the molecule is C[NH2+][C@@H](NC#N)[NH2+]CCCCc1nc(N)n[nH]1. The van der Waals surface area contributed by atoms with Gasteiger partial charge < -0.3 is 5.73 Å². The van der Waals surface area contributed by atoms with Crippen LogP contribution >= 0.6 is 0 Å². The first kappa shape index (κ1) is 13.2. The van der Waals surface area contributed by atoms with Gasteiger partial charge in [-0.1, -0.05) is 0 Å². The van der Waals surface area contributed by atoms with E-state index in [0.717, 1.165) is 31.6 Å². The third-order valence-corrected chi connectivity index (χ3v) is 2.43. The molecule has 0 bridgehead atoms.